The molecule has 1 saturated heterocycles. The first-order valence-electron chi connectivity index (χ1n) is 4.05. The molecule has 2 aliphatic rings. The SMILES string of the molecule is O=C1CNCN1C1(C(F)(F)F)CC1. The molecule has 0 aromatic carbocycles. The van der Waals surface area contributed by atoms with E-state index in [1.807, 2.05) is 0 Å². The van der Waals surface area contributed by atoms with Crippen molar-refractivity contribution < 1.29 is 18.0 Å². The minimum absolute atomic E-state index is 0.0256. The lowest BCUT2D eigenvalue weighted by atomic mass is 10.2. The van der Waals surface area contributed by atoms with Crippen LogP contribution < -0.4 is 5.32 Å². The first-order chi connectivity index (χ1) is 5.97. The number of amides is 1. The molecule has 1 N–H and O–H groups in total. The summed E-state index contributed by atoms with van der Waals surface area (Å²) in [6, 6.07) is 0. The molecule has 2 rings (SSSR count). The summed E-state index contributed by atoms with van der Waals surface area (Å²) in [6.45, 7) is 0.0518. The van der Waals surface area contributed by atoms with Crippen molar-refractivity contribution in [3.05, 3.63) is 0 Å². The van der Waals surface area contributed by atoms with E-state index in [0.29, 0.717) is 0 Å². The Balaban J connectivity index is 2.20. The van der Waals surface area contributed by atoms with Crippen molar-refractivity contribution >= 4 is 5.91 Å². The molecule has 0 unspecified atom stereocenters. The van der Waals surface area contributed by atoms with E-state index in [2.05, 4.69) is 5.32 Å². The fourth-order valence-electron chi connectivity index (χ4n) is 1.67. The van der Waals surface area contributed by atoms with Crippen LogP contribution in [-0.4, -0.2) is 35.7 Å². The quantitative estimate of drug-likeness (QED) is 0.658. The second-order valence-electron chi connectivity index (χ2n) is 3.44. The highest BCUT2D eigenvalue weighted by Gasteiger charge is 2.68. The van der Waals surface area contributed by atoms with Crippen LogP contribution in [0.4, 0.5) is 13.2 Å². The molecule has 0 aromatic rings. The van der Waals surface area contributed by atoms with Crippen molar-refractivity contribution in [1.82, 2.24) is 10.2 Å². The Morgan fingerprint density at radius 1 is 1.38 bits per heavy atom. The zero-order valence-electron chi connectivity index (χ0n) is 6.82. The van der Waals surface area contributed by atoms with E-state index in [4.69, 9.17) is 0 Å². The number of halogens is 3. The zero-order chi connectivity index (χ0) is 9.69. The third-order valence-electron chi connectivity index (χ3n) is 2.62. The molecule has 1 aliphatic heterocycles. The lowest BCUT2D eigenvalue weighted by molar-refractivity contribution is -0.197. The molecule has 3 nitrogen and oxygen atoms in total. The van der Waals surface area contributed by atoms with Crippen LogP contribution in [0.2, 0.25) is 0 Å². The van der Waals surface area contributed by atoms with Crippen LogP contribution in [0.25, 0.3) is 0 Å². The zero-order valence-corrected chi connectivity index (χ0v) is 6.82. The Morgan fingerprint density at radius 2 is 2.00 bits per heavy atom. The fraction of sp³-hybridized carbons (Fsp3) is 0.857. The summed E-state index contributed by atoms with van der Waals surface area (Å²) >= 11 is 0. The topological polar surface area (TPSA) is 32.3 Å². The number of hydrogen-bond acceptors (Lipinski definition) is 2. The number of rotatable bonds is 1. The van der Waals surface area contributed by atoms with E-state index in [-0.39, 0.29) is 26.1 Å². The number of nitrogens with zero attached hydrogens (tertiary/aromatic N) is 1. The average molecular weight is 194 g/mol. The van der Waals surface area contributed by atoms with E-state index >= 15 is 0 Å². The minimum Gasteiger partial charge on any atom is -0.314 e. The Bertz CT molecular complexity index is 247. The first-order valence-corrected chi connectivity index (χ1v) is 4.05. The number of carbonyl (C=O) groups is 1. The van der Waals surface area contributed by atoms with E-state index in [0.717, 1.165) is 4.90 Å². The summed E-state index contributed by atoms with van der Waals surface area (Å²) < 4.78 is 37.5. The van der Waals surface area contributed by atoms with Gasteiger partial charge in [-0.25, -0.2) is 0 Å². The predicted octanol–water partition coefficient (Wildman–Crippen LogP) is 0.471. The predicted molar refractivity (Wildman–Crippen MR) is 37.7 cm³/mol. The second kappa shape index (κ2) is 2.37. The van der Waals surface area contributed by atoms with Gasteiger partial charge in [-0.3, -0.25) is 10.1 Å². The molecule has 0 atom stereocenters. The van der Waals surface area contributed by atoms with Crippen molar-refractivity contribution in [2.24, 2.45) is 0 Å². The summed E-state index contributed by atoms with van der Waals surface area (Å²) in [6.07, 6.45) is -4.19. The smallest absolute Gasteiger partial charge is 0.314 e. The maximum atomic E-state index is 12.5. The van der Waals surface area contributed by atoms with Crippen LogP contribution >= 0.6 is 0 Å². The number of carbonyl (C=O) groups excluding carboxylic acids is 1. The van der Waals surface area contributed by atoms with Gasteiger partial charge in [-0.2, -0.15) is 13.2 Å². The van der Waals surface area contributed by atoms with Gasteiger partial charge < -0.3 is 4.90 Å². The largest absolute Gasteiger partial charge is 0.411 e. The van der Waals surface area contributed by atoms with E-state index < -0.39 is 17.6 Å². The van der Waals surface area contributed by atoms with Gasteiger partial charge in [-0.15, -0.1) is 0 Å². The summed E-state index contributed by atoms with van der Waals surface area (Å²) in [5.74, 6) is -0.449. The molecule has 1 saturated carbocycles. The van der Waals surface area contributed by atoms with Gasteiger partial charge in [-0.1, -0.05) is 0 Å². The Labute approximate surface area is 72.9 Å². The van der Waals surface area contributed by atoms with Gasteiger partial charge in [-0.05, 0) is 12.8 Å². The molecule has 1 amide bonds. The van der Waals surface area contributed by atoms with Crippen LogP contribution in [0, 0.1) is 0 Å². The minimum atomic E-state index is -4.28. The van der Waals surface area contributed by atoms with Gasteiger partial charge in [0.15, 0.2) is 0 Å². The molecular weight excluding hydrogens is 185 g/mol. The van der Waals surface area contributed by atoms with Gasteiger partial charge in [0.2, 0.25) is 5.91 Å². The normalized spacial score (nSPS) is 26.7. The van der Waals surface area contributed by atoms with Crippen molar-refractivity contribution in [1.29, 1.82) is 0 Å². The highest BCUT2D eigenvalue weighted by molar-refractivity contribution is 5.81. The molecule has 0 spiro atoms. The van der Waals surface area contributed by atoms with Gasteiger partial charge in [0.25, 0.3) is 0 Å². The van der Waals surface area contributed by atoms with E-state index in [1.54, 1.807) is 0 Å². The molecule has 6 heteroatoms. The molecule has 1 heterocycles. The van der Waals surface area contributed by atoms with Crippen LogP contribution in [0.5, 0.6) is 0 Å². The molecule has 74 valence electrons. The average Bonchev–Trinajstić information content (AvgIpc) is 2.70. The lowest BCUT2D eigenvalue weighted by Gasteiger charge is -2.28. The number of nitrogens with one attached hydrogen (secondary N) is 1. The van der Waals surface area contributed by atoms with E-state index in [1.165, 1.54) is 0 Å². The number of alkyl halides is 3. The van der Waals surface area contributed by atoms with Gasteiger partial charge in [0.1, 0.15) is 5.54 Å². The molecule has 1 aliphatic carbocycles. The molecule has 2 fully saturated rings. The molecular formula is C7H9F3N2O. The van der Waals surface area contributed by atoms with Gasteiger partial charge in [0.05, 0.1) is 13.2 Å². The maximum absolute atomic E-state index is 12.5. The van der Waals surface area contributed by atoms with Gasteiger partial charge >= 0.3 is 6.18 Å². The third-order valence-corrected chi connectivity index (χ3v) is 2.62. The summed E-state index contributed by atoms with van der Waals surface area (Å²) in [4.78, 5) is 12.0. The Hall–Kier alpha value is -0.780. The van der Waals surface area contributed by atoms with Crippen LogP contribution in [0.3, 0.4) is 0 Å². The number of hydrogen-bond donors (Lipinski definition) is 1. The van der Waals surface area contributed by atoms with Crippen molar-refractivity contribution in [3.8, 4) is 0 Å². The summed E-state index contributed by atoms with van der Waals surface area (Å²) in [5.41, 5.74) is -1.84. The molecule has 0 aromatic heterocycles. The maximum Gasteiger partial charge on any atom is 0.411 e. The monoisotopic (exact) mass is 194 g/mol. The molecule has 13 heavy (non-hydrogen) atoms. The molecule has 0 radical (unpaired) electrons. The first kappa shape index (κ1) is 8.80. The van der Waals surface area contributed by atoms with E-state index in [9.17, 15) is 18.0 Å². The van der Waals surface area contributed by atoms with Crippen LogP contribution in [0.15, 0.2) is 0 Å². The third kappa shape index (κ3) is 1.12. The standard InChI is InChI=1S/C7H9F3N2O/c8-7(9,10)6(1-2-6)12-4-11-3-5(12)13/h11H,1-4H2. The highest BCUT2D eigenvalue weighted by Crippen LogP contribution is 2.53. The summed E-state index contributed by atoms with van der Waals surface area (Å²) in [5, 5.41) is 2.62. The fourth-order valence-corrected chi connectivity index (χ4v) is 1.67. The Morgan fingerprint density at radius 3 is 2.31 bits per heavy atom. The molecule has 0 bridgehead atoms. The summed E-state index contributed by atoms with van der Waals surface area (Å²) in [7, 11) is 0. The van der Waals surface area contributed by atoms with Crippen LogP contribution in [-0.2, 0) is 4.79 Å². The Kier molecular flexibility index (Phi) is 1.61. The van der Waals surface area contributed by atoms with Gasteiger partial charge in [0, 0.05) is 0 Å². The van der Waals surface area contributed by atoms with Crippen molar-refractivity contribution in [2.45, 2.75) is 24.6 Å². The lowest BCUT2D eigenvalue weighted by Crippen LogP contribution is -2.49. The highest BCUT2D eigenvalue weighted by atomic mass is 19.4. The second-order valence-corrected chi connectivity index (χ2v) is 3.44. The van der Waals surface area contributed by atoms with Crippen molar-refractivity contribution in [3.63, 3.8) is 0 Å². The van der Waals surface area contributed by atoms with Crippen molar-refractivity contribution in [2.75, 3.05) is 13.2 Å². The van der Waals surface area contributed by atoms with Crippen LogP contribution in [0.1, 0.15) is 12.8 Å².